The maximum Gasteiger partial charge on any atom is 0.335 e. The Balaban J connectivity index is 2.12. The largest absolute Gasteiger partial charge is 0.478 e. The molecule has 0 atom stereocenters. The first kappa shape index (κ1) is 18.0. The lowest BCUT2D eigenvalue weighted by molar-refractivity contribution is -0.385. The van der Waals surface area contributed by atoms with Crippen molar-refractivity contribution < 1.29 is 19.6 Å². The Labute approximate surface area is 147 Å². The fourth-order valence-electron chi connectivity index (χ4n) is 2.13. The fourth-order valence-corrected chi connectivity index (χ4v) is 2.34. The van der Waals surface area contributed by atoms with Crippen LogP contribution in [0.15, 0.2) is 42.5 Å². The van der Waals surface area contributed by atoms with Gasteiger partial charge in [-0.05, 0) is 43.4 Å². The van der Waals surface area contributed by atoms with E-state index in [-0.39, 0.29) is 27.5 Å². The number of benzene rings is 2. The van der Waals surface area contributed by atoms with Crippen LogP contribution in [0.2, 0.25) is 0 Å². The second kappa shape index (κ2) is 7.49. The predicted molar refractivity (Wildman–Crippen MR) is 94.9 cm³/mol. The van der Waals surface area contributed by atoms with E-state index >= 15 is 0 Å². The van der Waals surface area contributed by atoms with E-state index in [0.29, 0.717) is 5.69 Å². The van der Waals surface area contributed by atoms with Gasteiger partial charge in [-0.15, -0.1) is 0 Å². The lowest BCUT2D eigenvalue weighted by atomic mass is 10.1. The number of nitrogens with one attached hydrogen (secondary N) is 2. The monoisotopic (exact) mass is 359 g/mol. The quantitative estimate of drug-likeness (QED) is 0.436. The minimum atomic E-state index is -1.09. The molecule has 0 aliphatic rings. The van der Waals surface area contributed by atoms with Crippen molar-refractivity contribution in [3.05, 3.63) is 69.3 Å². The highest BCUT2D eigenvalue weighted by Gasteiger charge is 2.18. The van der Waals surface area contributed by atoms with Gasteiger partial charge in [0.25, 0.3) is 11.6 Å². The number of carboxylic acids is 1. The molecule has 0 unspecified atom stereocenters. The van der Waals surface area contributed by atoms with E-state index in [1.807, 2.05) is 0 Å². The SMILES string of the molecule is Cc1c(C(=O)NC(=S)Nc2cccc(C(=O)O)c2)cccc1[N+](=O)[O-]. The summed E-state index contributed by atoms with van der Waals surface area (Å²) >= 11 is 5.02. The first-order chi connectivity index (χ1) is 11.8. The zero-order valence-corrected chi connectivity index (χ0v) is 13.8. The van der Waals surface area contributed by atoms with Crippen LogP contribution in [0.3, 0.4) is 0 Å². The van der Waals surface area contributed by atoms with Gasteiger partial charge in [0.1, 0.15) is 0 Å². The van der Waals surface area contributed by atoms with Crippen molar-refractivity contribution in [1.29, 1.82) is 0 Å². The molecular formula is C16H13N3O5S. The molecule has 0 aliphatic carbocycles. The number of nitro groups is 1. The second-order valence-corrected chi connectivity index (χ2v) is 5.41. The van der Waals surface area contributed by atoms with Gasteiger partial charge in [-0.25, -0.2) is 4.79 Å². The number of rotatable bonds is 4. The van der Waals surface area contributed by atoms with Gasteiger partial charge in [0.15, 0.2) is 5.11 Å². The van der Waals surface area contributed by atoms with Crippen LogP contribution in [-0.4, -0.2) is 27.0 Å². The van der Waals surface area contributed by atoms with Gasteiger partial charge in [0, 0.05) is 22.9 Å². The number of hydrogen-bond donors (Lipinski definition) is 3. The molecule has 0 saturated carbocycles. The molecule has 0 heterocycles. The van der Waals surface area contributed by atoms with Crippen LogP contribution in [0.25, 0.3) is 0 Å². The molecule has 0 radical (unpaired) electrons. The molecule has 0 spiro atoms. The molecule has 2 rings (SSSR count). The predicted octanol–water partition coefficient (Wildman–Crippen LogP) is 2.73. The highest BCUT2D eigenvalue weighted by atomic mass is 32.1. The second-order valence-electron chi connectivity index (χ2n) is 5.00. The molecule has 0 aromatic heterocycles. The fraction of sp³-hybridized carbons (Fsp3) is 0.0625. The number of carbonyl (C=O) groups excluding carboxylic acids is 1. The average molecular weight is 359 g/mol. The number of thiocarbonyl (C=S) groups is 1. The van der Waals surface area contributed by atoms with Crippen LogP contribution in [0.1, 0.15) is 26.3 Å². The van der Waals surface area contributed by atoms with Gasteiger partial charge in [-0.2, -0.15) is 0 Å². The maximum atomic E-state index is 12.3. The van der Waals surface area contributed by atoms with Crippen molar-refractivity contribution in [3.8, 4) is 0 Å². The van der Waals surface area contributed by atoms with Crippen LogP contribution < -0.4 is 10.6 Å². The summed E-state index contributed by atoms with van der Waals surface area (Å²) in [6, 6.07) is 10.1. The van der Waals surface area contributed by atoms with Crippen LogP contribution in [0.5, 0.6) is 0 Å². The van der Waals surface area contributed by atoms with Crippen LogP contribution in [-0.2, 0) is 0 Å². The van der Waals surface area contributed by atoms with Crippen LogP contribution >= 0.6 is 12.2 Å². The molecular weight excluding hydrogens is 346 g/mol. The Kier molecular flexibility index (Phi) is 5.40. The molecule has 2 aromatic rings. The van der Waals surface area contributed by atoms with E-state index in [1.165, 1.54) is 43.3 Å². The number of nitro benzene ring substituents is 1. The third-order valence-electron chi connectivity index (χ3n) is 3.34. The van der Waals surface area contributed by atoms with E-state index in [2.05, 4.69) is 10.6 Å². The summed E-state index contributed by atoms with van der Waals surface area (Å²) in [4.78, 5) is 33.6. The molecule has 25 heavy (non-hydrogen) atoms. The molecule has 0 saturated heterocycles. The highest BCUT2D eigenvalue weighted by molar-refractivity contribution is 7.80. The summed E-state index contributed by atoms with van der Waals surface area (Å²) in [5.74, 6) is -1.70. The molecule has 3 N–H and O–H groups in total. The summed E-state index contributed by atoms with van der Waals surface area (Å²) in [6.07, 6.45) is 0. The first-order valence-corrected chi connectivity index (χ1v) is 7.40. The molecule has 128 valence electrons. The molecule has 0 aliphatic heterocycles. The maximum absolute atomic E-state index is 12.3. The normalized spacial score (nSPS) is 9.96. The van der Waals surface area contributed by atoms with Gasteiger partial charge in [0.05, 0.1) is 10.5 Å². The van der Waals surface area contributed by atoms with Gasteiger partial charge < -0.3 is 10.4 Å². The average Bonchev–Trinajstić information content (AvgIpc) is 2.54. The Morgan fingerprint density at radius 2 is 1.88 bits per heavy atom. The number of carboxylic acid groups (broad SMARTS) is 1. The van der Waals surface area contributed by atoms with Crippen molar-refractivity contribution >= 4 is 40.6 Å². The molecule has 1 amide bonds. The topological polar surface area (TPSA) is 122 Å². The van der Waals surface area contributed by atoms with E-state index < -0.39 is 16.8 Å². The number of nitrogens with zero attached hydrogens (tertiary/aromatic N) is 1. The number of carbonyl (C=O) groups is 2. The summed E-state index contributed by atoms with van der Waals surface area (Å²) in [5.41, 5.74) is 0.633. The summed E-state index contributed by atoms with van der Waals surface area (Å²) < 4.78 is 0. The Bertz CT molecular complexity index is 882. The van der Waals surface area contributed by atoms with Crippen molar-refractivity contribution in [2.75, 3.05) is 5.32 Å². The minimum absolute atomic E-state index is 0.0570. The van der Waals surface area contributed by atoms with Gasteiger partial charge in [0.2, 0.25) is 0 Å². The summed E-state index contributed by atoms with van der Waals surface area (Å²) in [6.45, 7) is 1.47. The zero-order valence-electron chi connectivity index (χ0n) is 13.0. The summed E-state index contributed by atoms with van der Waals surface area (Å²) in [5, 5.41) is 24.9. The molecule has 8 nitrogen and oxygen atoms in total. The van der Waals surface area contributed by atoms with Crippen molar-refractivity contribution in [2.45, 2.75) is 6.92 Å². The van der Waals surface area contributed by atoms with Gasteiger partial charge in [-0.3, -0.25) is 20.2 Å². The first-order valence-electron chi connectivity index (χ1n) is 6.99. The third kappa shape index (κ3) is 4.36. The smallest absolute Gasteiger partial charge is 0.335 e. The zero-order chi connectivity index (χ0) is 18.6. The Morgan fingerprint density at radius 1 is 1.20 bits per heavy atom. The third-order valence-corrected chi connectivity index (χ3v) is 3.55. The van der Waals surface area contributed by atoms with Gasteiger partial charge >= 0.3 is 5.97 Å². The van der Waals surface area contributed by atoms with E-state index in [1.54, 1.807) is 6.07 Å². The van der Waals surface area contributed by atoms with Crippen LogP contribution in [0, 0.1) is 17.0 Å². The number of anilines is 1. The molecule has 2 aromatic carbocycles. The summed E-state index contributed by atoms with van der Waals surface area (Å²) in [7, 11) is 0. The lowest BCUT2D eigenvalue weighted by Gasteiger charge is -2.11. The number of aromatic carboxylic acids is 1. The number of amides is 1. The minimum Gasteiger partial charge on any atom is -0.478 e. The molecule has 0 fully saturated rings. The number of hydrogen-bond acceptors (Lipinski definition) is 5. The molecule has 9 heteroatoms. The molecule has 0 bridgehead atoms. The Hall–Kier alpha value is -3.33. The van der Waals surface area contributed by atoms with E-state index in [4.69, 9.17) is 17.3 Å². The Morgan fingerprint density at radius 3 is 2.52 bits per heavy atom. The lowest BCUT2D eigenvalue weighted by Crippen LogP contribution is -2.34. The van der Waals surface area contributed by atoms with Gasteiger partial charge in [-0.1, -0.05) is 12.1 Å². The van der Waals surface area contributed by atoms with Crippen molar-refractivity contribution in [2.24, 2.45) is 0 Å². The van der Waals surface area contributed by atoms with Crippen molar-refractivity contribution in [1.82, 2.24) is 5.32 Å². The van der Waals surface area contributed by atoms with E-state index in [9.17, 15) is 19.7 Å². The van der Waals surface area contributed by atoms with Crippen LogP contribution in [0.4, 0.5) is 11.4 Å². The standard InChI is InChI=1S/C16H13N3O5S/c1-9-12(6-3-7-13(9)19(23)24)14(20)18-16(25)17-11-5-2-4-10(8-11)15(21)22/h2-8H,1H3,(H,21,22)(H2,17,18,20,25). The highest BCUT2D eigenvalue weighted by Crippen LogP contribution is 2.21. The van der Waals surface area contributed by atoms with Crippen molar-refractivity contribution in [3.63, 3.8) is 0 Å². The van der Waals surface area contributed by atoms with E-state index in [0.717, 1.165) is 0 Å².